The SMILES string of the molecule is Cc1ccc(Nc2nccc(C)c2Br)cc1. The summed E-state index contributed by atoms with van der Waals surface area (Å²) in [6.07, 6.45) is 1.80. The minimum absolute atomic E-state index is 0.851. The molecule has 0 radical (unpaired) electrons. The van der Waals surface area contributed by atoms with Crippen molar-refractivity contribution in [2.45, 2.75) is 13.8 Å². The molecule has 0 bridgehead atoms. The van der Waals surface area contributed by atoms with Gasteiger partial charge < -0.3 is 5.32 Å². The maximum Gasteiger partial charge on any atom is 0.144 e. The minimum atomic E-state index is 0.851. The molecule has 82 valence electrons. The Morgan fingerprint density at radius 1 is 1.06 bits per heavy atom. The summed E-state index contributed by atoms with van der Waals surface area (Å²) in [5.74, 6) is 0.851. The molecule has 0 saturated heterocycles. The van der Waals surface area contributed by atoms with Gasteiger partial charge in [-0.25, -0.2) is 4.98 Å². The van der Waals surface area contributed by atoms with E-state index in [0.717, 1.165) is 16.0 Å². The van der Waals surface area contributed by atoms with E-state index in [1.165, 1.54) is 11.1 Å². The Kier molecular flexibility index (Phi) is 3.25. The summed E-state index contributed by atoms with van der Waals surface area (Å²) < 4.78 is 1.01. The van der Waals surface area contributed by atoms with E-state index in [9.17, 15) is 0 Å². The number of pyridine rings is 1. The van der Waals surface area contributed by atoms with Gasteiger partial charge in [-0.15, -0.1) is 0 Å². The molecule has 2 rings (SSSR count). The molecule has 1 aromatic heterocycles. The maximum atomic E-state index is 4.30. The van der Waals surface area contributed by atoms with E-state index < -0.39 is 0 Å². The van der Waals surface area contributed by atoms with Crippen LogP contribution in [0.3, 0.4) is 0 Å². The zero-order chi connectivity index (χ0) is 11.5. The number of aromatic nitrogens is 1. The monoisotopic (exact) mass is 276 g/mol. The normalized spacial score (nSPS) is 10.2. The fraction of sp³-hybridized carbons (Fsp3) is 0.154. The van der Waals surface area contributed by atoms with E-state index in [1.54, 1.807) is 6.20 Å². The number of rotatable bonds is 2. The second kappa shape index (κ2) is 4.66. The van der Waals surface area contributed by atoms with Crippen molar-refractivity contribution in [3.05, 3.63) is 52.1 Å². The number of aryl methyl sites for hydroxylation is 2. The summed E-state index contributed by atoms with van der Waals surface area (Å²) in [7, 11) is 0. The lowest BCUT2D eigenvalue weighted by atomic mass is 10.2. The Morgan fingerprint density at radius 2 is 1.75 bits per heavy atom. The third-order valence-corrected chi connectivity index (χ3v) is 3.40. The van der Waals surface area contributed by atoms with E-state index in [1.807, 2.05) is 25.1 Å². The summed E-state index contributed by atoms with van der Waals surface area (Å²) in [4.78, 5) is 4.30. The van der Waals surface area contributed by atoms with Crippen LogP contribution in [-0.2, 0) is 0 Å². The zero-order valence-corrected chi connectivity index (χ0v) is 10.9. The van der Waals surface area contributed by atoms with Crippen molar-refractivity contribution < 1.29 is 0 Å². The van der Waals surface area contributed by atoms with Crippen molar-refractivity contribution >= 4 is 27.4 Å². The van der Waals surface area contributed by atoms with E-state index in [4.69, 9.17) is 0 Å². The Bertz CT molecular complexity index is 492. The number of nitrogens with one attached hydrogen (secondary N) is 1. The molecule has 1 heterocycles. The zero-order valence-electron chi connectivity index (χ0n) is 9.29. The lowest BCUT2D eigenvalue weighted by Gasteiger charge is -2.09. The molecule has 2 aromatic rings. The van der Waals surface area contributed by atoms with Crippen molar-refractivity contribution in [2.24, 2.45) is 0 Å². The first-order valence-electron chi connectivity index (χ1n) is 5.11. The van der Waals surface area contributed by atoms with E-state index >= 15 is 0 Å². The van der Waals surface area contributed by atoms with Crippen LogP contribution in [0, 0.1) is 13.8 Å². The Morgan fingerprint density at radius 3 is 2.44 bits per heavy atom. The first kappa shape index (κ1) is 11.1. The van der Waals surface area contributed by atoms with Gasteiger partial charge in [-0.1, -0.05) is 17.7 Å². The molecule has 1 N–H and O–H groups in total. The molecule has 0 unspecified atom stereocenters. The van der Waals surface area contributed by atoms with Crippen LogP contribution in [0.2, 0.25) is 0 Å². The summed E-state index contributed by atoms with van der Waals surface area (Å²) in [6, 6.07) is 10.2. The van der Waals surface area contributed by atoms with Gasteiger partial charge in [0.2, 0.25) is 0 Å². The number of halogens is 1. The van der Waals surface area contributed by atoms with Crippen LogP contribution in [-0.4, -0.2) is 4.98 Å². The molecule has 0 aliphatic rings. The van der Waals surface area contributed by atoms with Gasteiger partial charge in [-0.05, 0) is 53.5 Å². The predicted octanol–water partition coefficient (Wildman–Crippen LogP) is 4.20. The summed E-state index contributed by atoms with van der Waals surface area (Å²) in [5, 5.41) is 3.28. The quantitative estimate of drug-likeness (QED) is 0.889. The van der Waals surface area contributed by atoms with Crippen LogP contribution in [0.4, 0.5) is 11.5 Å². The minimum Gasteiger partial charge on any atom is -0.339 e. The summed E-state index contributed by atoms with van der Waals surface area (Å²) >= 11 is 3.53. The van der Waals surface area contributed by atoms with Gasteiger partial charge in [0.1, 0.15) is 5.82 Å². The lowest BCUT2D eigenvalue weighted by molar-refractivity contribution is 1.25. The van der Waals surface area contributed by atoms with Gasteiger partial charge >= 0.3 is 0 Å². The second-order valence-electron chi connectivity index (χ2n) is 3.78. The van der Waals surface area contributed by atoms with Crippen LogP contribution in [0.1, 0.15) is 11.1 Å². The maximum absolute atomic E-state index is 4.30. The number of nitrogens with zero attached hydrogens (tertiary/aromatic N) is 1. The van der Waals surface area contributed by atoms with Crippen molar-refractivity contribution in [1.29, 1.82) is 0 Å². The molecular weight excluding hydrogens is 264 g/mol. The molecule has 16 heavy (non-hydrogen) atoms. The average Bonchev–Trinajstić information content (AvgIpc) is 2.28. The highest BCUT2D eigenvalue weighted by Gasteiger charge is 2.03. The highest BCUT2D eigenvalue weighted by Crippen LogP contribution is 2.26. The fourth-order valence-corrected chi connectivity index (χ4v) is 1.73. The number of hydrogen-bond donors (Lipinski definition) is 1. The molecule has 0 amide bonds. The third-order valence-electron chi connectivity index (χ3n) is 2.40. The number of benzene rings is 1. The topological polar surface area (TPSA) is 24.9 Å². The molecule has 0 aliphatic carbocycles. The molecule has 3 heteroatoms. The van der Waals surface area contributed by atoms with Gasteiger partial charge in [0, 0.05) is 11.9 Å². The molecule has 0 atom stereocenters. The molecule has 0 aliphatic heterocycles. The highest BCUT2D eigenvalue weighted by molar-refractivity contribution is 9.10. The Balaban J connectivity index is 2.27. The largest absolute Gasteiger partial charge is 0.339 e. The van der Waals surface area contributed by atoms with Gasteiger partial charge in [-0.2, -0.15) is 0 Å². The molecule has 0 saturated carbocycles. The molecule has 0 fully saturated rings. The third kappa shape index (κ3) is 2.42. The lowest BCUT2D eigenvalue weighted by Crippen LogP contribution is -1.95. The van der Waals surface area contributed by atoms with Crippen LogP contribution in [0.15, 0.2) is 41.0 Å². The van der Waals surface area contributed by atoms with Crippen molar-refractivity contribution in [3.63, 3.8) is 0 Å². The van der Waals surface area contributed by atoms with Gasteiger partial charge in [0.15, 0.2) is 0 Å². The van der Waals surface area contributed by atoms with E-state index in [-0.39, 0.29) is 0 Å². The van der Waals surface area contributed by atoms with Crippen molar-refractivity contribution in [1.82, 2.24) is 4.98 Å². The fourth-order valence-electron chi connectivity index (χ4n) is 1.40. The molecule has 0 spiro atoms. The van der Waals surface area contributed by atoms with Gasteiger partial charge in [0.25, 0.3) is 0 Å². The van der Waals surface area contributed by atoms with Crippen molar-refractivity contribution in [3.8, 4) is 0 Å². The smallest absolute Gasteiger partial charge is 0.144 e. The van der Waals surface area contributed by atoms with Crippen molar-refractivity contribution in [2.75, 3.05) is 5.32 Å². The molecule has 1 aromatic carbocycles. The Labute approximate surface area is 104 Å². The Hall–Kier alpha value is -1.35. The number of hydrogen-bond acceptors (Lipinski definition) is 2. The molecular formula is C13H13BrN2. The number of anilines is 2. The standard InChI is InChI=1S/C13H13BrN2/c1-9-3-5-11(6-4-9)16-13-12(14)10(2)7-8-15-13/h3-8H,1-2H3,(H,15,16). The average molecular weight is 277 g/mol. The van der Waals surface area contributed by atoms with Gasteiger partial charge in [-0.3, -0.25) is 0 Å². The van der Waals surface area contributed by atoms with Crippen LogP contribution < -0.4 is 5.32 Å². The molecule has 2 nitrogen and oxygen atoms in total. The van der Waals surface area contributed by atoms with Crippen LogP contribution in [0.5, 0.6) is 0 Å². The summed E-state index contributed by atoms with van der Waals surface area (Å²) in [5.41, 5.74) is 3.47. The van der Waals surface area contributed by atoms with E-state index in [2.05, 4.69) is 45.3 Å². The predicted molar refractivity (Wildman–Crippen MR) is 71.1 cm³/mol. The highest BCUT2D eigenvalue weighted by atomic mass is 79.9. The van der Waals surface area contributed by atoms with Gasteiger partial charge in [0.05, 0.1) is 4.47 Å². The first-order chi connectivity index (χ1) is 7.66. The summed E-state index contributed by atoms with van der Waals surface area (Å²) in [6.45, 7) is 4.12. The van der Waals surface area contributed by atoms with E-state index in [0.29, 0.717) is 0 Å². The van der Waals surface area contributed by atoms with Crippen LogP contribution in [0.25, 0.3) is 0 Å². The first-order valence-corrected chi connectivity index (χ1v) is 5.91. The second-order valence-corrected chi connectivity index (χ2v) is 4.57. The van der Waals surface area contributed by atoms with Crippen LogP contribution >= 0.6 is 15.9 Å².